The molecule has 2 aliphatic heterocycles. The van der Waals surface area contributed by atoms with Crippen molar-refractivity contribution in [2.24, 2.45) is 5.10 Å². The van der Waals surface area contributed by atoms with Crippen molar-refractivity contribution >= 4 is 17.3 Å². The van der Waals surface area contributed by atoms with Gasteiger partial charge in [0.05, 0.1) is 18.9 Å². The van der Waals surface area contributed by atoms with Crippen LogP contribution < -0.4 is 9.47 Å². The maximum atomic E-state index is 6.51. The second kappa shape index (κ2) is 5.92. The molecule has 2 heterocycles. The molecule has 0 radical (unpaired) electrons. The fourth-order valence-electron chi connectivity index (χ4n) is 4.49. The Hall–Kier alpha value is -2.20. The van der Waals surface area contributed by atoms with Crippen molar-refractivity contribution in [2.75, 3.05) is 7.11 Å². The van der Waals surface area contributed by atoms with Crippen molar-refractivity contribution in [1.29, 1.82) is 0 Å². The lowest BCUT2D eigenvalue weighted by atomic mass is 9.94. The SMILES string of the molecule is COc1cccc(C2=NN3C(C2)c2cc(Cl)ccc2OC32CCCC2)c1. The van der Waals surface area contributed by atoms with Gasteiger partial charge in [-0.3, -0.25) is 0 Å². The molecule has 1 unspecified atom stereocenters. The number of ether oxygens (including phenoxy) is 2. The molecule has 0 bridgehead atoms. The smallest absolute Gasteiger partial charge is 0.198 e. The Balaban J connectivity index is 1.59. The highest BCUT2D eigenvalue weighted by Crippen LogP contribution is 2.52. The summed E-state index contributed by atoms with van der Waals surface area (Å²) in [5.41, 5.74) is 3.01. The van der Waals surface area contributed by atoms with Gasteiger partial charge < -0.3 is 9.47 Å². The molecule has 0 amide bonds. The summed E-state index contributed by atoms with van der Waals surface area (Å²) in [5.74, 6) is 1.81. The summed E-state index contributed by atoms with van der Waals surface area (Å²) < 4.78 is 11.9. The molecule has 26 heavy (non-hydrogen) atoms. The standard InChI is InChI=1S/C21H21ClN2O2/c1-25-16-6-4-5-14(11-16)18-13-19-17-12-15(22)7-8-20(17)26-21(24(19)23-18)9-2-3-10-21/h4-8,11-12,19H,2-3,9-10,13H2,1H3. The van der Waals surface area contributed by atoms with E-state index in [1.54, 1.807) is 7.11 Å². The van der Waals surface area contributed by atoms with E-state index in [4.69, 9.17) is 26.2 Å². The maximum absolute atomic E-state index is 6.51. The Morgan fingerprint density at radius 3 is 2.85 bits per heavy atom. The second-order valence-corrected chi connectivity index (χ2v) is 7.72. The molecule has 1 aliphatic carbocycles. The summed E-state index contributed by atoms with van der Waals surface area (Å²) in [6.45, 7) is 0. The number of hydrogen-bond donors (Lipinski definition) is 0. The van der Waals surface area contributed by atoms with Crippen LogP contribution in [0.3, 0.4) is 0 Å². The summed E-state index contributed by atoms with van der Waals surface area (Å²) in [6.07, 6.45) is 5.23. The van der Waals surface area contributed by atoms with Crippen LogP contribution in [0.5, 0.6) is 11.5 Å². The van der Waals surface area contributed by atoms with Crippen LogP contribution in [-0.2, 0) is 0 Å². The molecule has 5 heteroatoms. The fraction of sp³-hybridized carbons (Fsp3) is 0.381. The molecular formula is C21H21ClN2O2. The zero-order valence-electron chi connectivity index (χ0n) is 14.7. The molecule has 0 aromatic heterocycles. The number of hydrogen-bond acceptors (Lipinski definition) is 4. The summed E-state index contributed by atoms with van der Waals surface area (Å²) in [4.78, 5) is 0. The van der Waals surface area contributed by atoms with Gasteiger partial charge in [-0.15, -0.1) is 0 Å². The van der Waals surface area contributed by atoms with Crippen molar-refractivity contribution in [2.45, 2.75) is 43.9 Å². The normalized spacial score (nSPS) is 22.6. The van der Waals surface area contributed by atoms with E-state index in [-0.39, 0.29) is 11.8 Å². The predicted molar refractivity (Wildman–Crippen MR) is 102 cm³/mol. The number of hydrazone groups is 1. The molecule has 0 saturated heterocycles. The van der Waals surface area contributed by atoms with Gasteiger partial charge in [0, 0.05) is 35.4 Å². The molecule has 4 nitrogen and oxygen atoms in total. The highest BCUT2D eigenvalue weighted by atomic mass is 35.5. The molecule has 2 aromatic carbocycles. The third-order valence-corrected chi connectivity index (χ3v) is 5.98. The maximum Gasteiger partial charge on any atom is 0.198 e. The number of nitrogens with zero attached hydrogens (tertiary/aromatic N) is 2. The Morgan fingerprint density at radius 2 is 2.04 bits per heavy atom. The molecule has 2 aromatic rings. The number of methoxy groups -OCH3 is 1. The topological polar surface area (TPSA) is 34.1 Å². The van der Waals surface area contributed by atoms with Crippen LogP contribution in [0, 0.1) is 0 Å². The molecule has 1 atom stereocenters. The first-order valence-corrected chi connectivity index (χ1v) is 9.56. The van der Waals surface area contributed by atoms with Crippen LogP contribution in [0.2, 0.25) is 5.02 Å². The van der Waals surface area contributed by atoms with Gasteiger partial charge in [0.1, 0.15) is 11.5 Å². The Kier molecular flexibility index (Phi) is 3.64. The summed E-state index contributed by atoms with van der Waals surface area (Å²) in [7, 11) is 1.69. The van der Waals surface area contributed by atoms with E-state index in [0.717, 1.165) is 52.6 Å². The van der Waals surface area contributed by atoms with Gasteiger partial charge in [0.25, 0.3) is 0 Å². The first-order chi connectivity index (χ1) is 12.7. The van der Waals surface area contributed by atoms with Crippen LogP contribution in [0.1, 0.15) is 49.3 Å². The Morgan fingerprint density at radius 1 is 1.19 bits per heavy atom. The van der Waals surface area contributed by atoms with E-state index in [1.165, 1.54) is 12.8 Å². The second-order valence-electron chi connectivity index (χ2n) is 7.28. The van der Waals surface area contributed by atoms with E-state index in [0.29, 0.717) is 0 Å². The van der Waals surface area contributed by atoms with E-state index >= 15 is 0 Å². The predicted octanol–water partition coefficient (Wildman–Crippen LogP) is 5.16. The lowest BCUT2D eigenvalue weighted by molar-refractivity contribution is -0.114. The molecule has 1 fully saturated rings. The Bertz CT molecular complexity index is 889. The number of benzene rings is 2. The number of rotatable bonds is 2. The monoisotopic (exact) mass is 368 g/mol. The van der Waals surface area contributed by atoms with Crippen LogP contribution in [0.4, 0.5) is 0 Å². The summed E-state index contributed by atoms with van der Waals surface area (Å²) >= 11 is 6.28. The molecule has 134 valence electrons. The van der Waals surface area contributed by atoms with Crippen LogP contribution >= 0.6 is 11.6 Å². The van der Waals surface area contributed by atoms with Crippen molar-refractivity contribution in [3.8, 4) is 11.5 Å². The van der Waals surface area contributed by atoms with Crippen molar-refractivity contribution in [3.05, 3.63) is 58.6 Å². The van der Waals surface area contributed by atoms with Crippen molar-refractivity contribution in [1.82, 2.24) is 5.01 Å². The minimum Gasteiger partial charge on any atom is -0.497 e. The molecule has 0 N–H and O–H groups in total. The molecular weight excluding hydrogens is 348 g/mol. The lowest BCUT2D eigenvalue weighted by Gasteiger charge is -2.45. The van der Waals surface area contributed by atoms with Crippen LogP contribution in [0.15, 0.2) is 47.6 Å². The average molecular weight is 369 g/mol. The quantitative estimate of drug-likeness (QED) is 0.734. The zero-order chi connectivity index (χ0) is 17.7. The van der Waals surface area contributed by atoms with Gasteiger partial charge in [-0.05, 0) is 43.2 Å². The fourth-order valence-corrected chi connectivity index (χ4v) is 4.67. The van der Waals surface area contributed by atoms with Crippen molar-refractivity contribution in [3.63, 3.8) is 0 Å². The first-order valence-electron chi connectivity index (χ1n) is 9.18. The zero-order valence-corrected chi connectivity index (χ0v) is 15.5. The molecule has 3 aliphatic rings. The summed E-state index contributed by atoms with van der Waals surface area (Å²) in [6, 6.07) is 14.3. The molecule has 5 rings (SSSR count). The van der Waals surface area contributed by atoms with Gasteiger partial charge in [-0.25, -0.2) is 5.01 Å². The highest BCUT2D eigenvalue weighted by molar-refractivity contribution is 6.30. The number of fused-ring (bicyclic) bond motifs is 4. The minimum atomic E-state index is -0.313. The van der Waals surface area contributed by atoms with Gasteiger partial charge >= 0.3 is 0 Å². The van der Waals surface area contributed by atoms with Gasteiger partial charge in [-0.2, -0.15) is 5.10 Å². The molecule has 1 spiro atoms. The van der Waals surface area contributed by atoms with E-state index in [2.05, 4.69) is 17.1 Å². The largest absolute Gasteiger partial charge is 0.497 e. The average Bonchev–Trinajstić information content (AvgIpc) is 3.31. The van der Waals surface area contributed by atoms with Crippen molar-refractivity contribution < 1.29 is 9.47 Å². The minimum absolute atomic E-state index is 0.178. The Labute approximate surface area is 158 Å². The van der Waals surface area contributed by atoms with Crippen LogP contribution in [-0.4, -0.2) is 23.6 Å². The van der Waals surface area contributed by atoms with Crippen LogP contribution in [0.25, 0.3) is 0 Å². The van der Waals surface area contributed by atoms with Gasteiger partial charge in [0.15, 0.2) is 5.72 Å². The van der Waals surface area contributed by atoms with Gasteiger partial charge in [0.2, 0.25) is 0 Å². The lowest BCUT2D eigenvalue weighted by Crippen LogP contribution is -2.51. The van der Waals surface area contributed by atoms with Gasteiger partial charge in [-0.1, -0.05) is 23.7 Å². The molecule has 1 saturated carbocycles. The van der Waals surface area contributed by atoms with E-state index < -0.39 is 0 Å². The number of halogens is 1. The highest BCUT2D eigenvalue weighted by Gasteiger charge is 2.51. The van der Waals surface area contributed by atoms with E-state index in [1.807, 2.05) is 30.3 Å². The third kappa shape index (κ3) is 2.39. The first kappa shape index (κ1) is 16.0. The summed E-state index contributed by atoms with van der Waals surface area (Å²) in [5, 5.41) is 8.00. The van der Waals surface area contributed by atoms with E-state index in [9.17, 15) is 0 Å². The third-order valence-electron chi connectivity index (χ3n) is 5.75.